The van der Waals surface area contributed by atoms with Crippen molar-refractivity contribution < 1.29 is 14.4 Å². The monoisotopic (exact) mass is 521 g/mol. The lowest BCUT2D eigenvalue weighted by molar-refractivity contribution is -0.135. The maximum atomic E-state index is 13.3. The van der Waals surface area contributed by atoms with E-state index >= 15 is 0 Å². The molecule has 186 valence electrons. The second kappa shape index (κ2) is 10.1. The Morgan fingerprint density at radius 1 is 1.14 bits per heavy atom. The van der Waals surface area contributed by atoms with Gasteiger partial charge in [-0.2, -0.15) is 0 Å². The van der Waals surface area contributed by atoms with E-state index in [0.717, 1.165) is 66.0 Å². The molecule has 3 aromatic rings. The number of rotatable bonds is 5. The standard InChI is InChI=1S/C28H28ClN3O3S/c1-3-19-8-6-9-23-20(16-30(26(19)23)17-25(33)31-14-5-4-7-18(31)2)15-24-27(34)32(28(35)36-24)22-12-10-21(29)11-13-22/h6,8-13,15-16,18H,3-5,7,14,17H2,1-2H3/b24-15-/t18-/m0/s1. The Morgan fingerprint density at radius 3 is 2.64 bits per heavy atom. The molecule has 1 atom stereocenters. The summed E-state index contributed by atoms with van der Waals surface area (Å²) in [6, 6.07) is 13.0. The Bertz CT molecular complexity index is 1380. The zero-order valence-corrected chi connectivity index (χ0v) is 21.9. The summed E-state index contributed by atoms with van der Waals surface area (Å²) in [4.78, 5) is 42.7. The summed E-state index contributed by atoms with van der Waals surface area (Å²) in [6.45, 7) is 5.25. The van der Waals surface area contributed by atoms with Crippen LogP contribution in [0.25, 0.3) is 17.0 Å². The fourth-order valence-corrected chi connectivity index (χ4v) is 6.08. The van der Waals surface area contributed by atoms with Crippen LogP contribution in [0, 0.1) is 0 Å². The van der Waals surface area contributed by atoms with Crippen LogP contribution < -0.4 is 4.90 Å². The highest BCUT2D eigenvalue weighted by Crippen LogP contribution is 2.37. The SMILES string of the molecule is CCc1cccc2c(/C=C3\SC(=O)N(c4ccc(Cl)cc4)C3=O)cn(CC(=O)N3CCCC[C@@H]3C)c12. The molecule has 6 nitrogen and oxygen atoms in total. The van der Waals surface area contributed by atoms with Crippen molar-refractivity contribution in [2.75, 3.05) is 11.4 Å². The van der Waals surface area contributed by atoms with E-state index < -0.39 is 0 Å². The summed E-state index contributed by atoms with van der Waals surface area (Å²) < 4.78 is 2.01. The molecule has 2 aliphatic rings. The number of hydrogen-bond donors (Lipinski definition) is 0. The summed E-state index contributed by atoms with van der Waals surface area (Å²) in [5.41, 5.74) is 3.45. The Balaban J connectivity index is 1.51. The number of imide groups is 1. The highest BCUT2D eigenvalue weighted by Gasteiger charge is 2.36. The molecular weight excluding hydrogens is 494 g/mol. The first-order chi connectivity index (χ1) is 17.4. The van der Waals surface area contributed by atoms with Gasteiger partial charge in [-0.05, 0) is 80.3 Å². The van der Waals surface area contributed by atoms with Gasteiger partial charge < -0.3 is 9.47 Å². The molecule has 0 radical (unpaired) electrons. The van der Waals surface area contributed by atoms with Crippen molar-refractivity contribution in [1.29, 1.82) is 0 Å². The van der Waals surface area contributed by atoms with Crippen LogP contribution in [0.1, 0.15) is 44.2 Å². The van der Waals surface area contributed by atoms with E-state index in [1.54, 1.807) is 30.3 Å². The van der Waals surface area contributed by atoms with E-state index in [4.69, 9.17) is 11.6 Å². The molecule has 0 aliphatic carbocycles. The first-order valence-electron chi connectivity index (χ1n) is 12.3. The number of benzene rings is 2. The number of carbonyl (C=O) groups excluding carboxylic acids is 3. The number of fused-ring (bicyclic) bond motifs is 1. The number of anilines is 1. The van der Waals surface area contributed by atoms with Crippen molar-refractivity contribution in [3.8, 4) is 0 Å². The maximum Gasteiger partial charge on any atom is 0.298 e. The van der Waals surface area contributed by atoms with Crippen LogP contribution in [0.5, 0.6) is 0 Å². The van der Waals surface area contributed by atoms with Crippen LogP contribution in [0.15, 0.2) is 53.6 Å². The van der Waals surface area contributed by atoms with Crippen molar-refractivity contribution in [2.24, 2.45) is 0 Å². The summed E-state index contributed by atoms with van der Waals surface area (Å²) >= 11 is 6.89. The van der Waals surface area contributed by atoms with Crippen LogP contribution in [0.4, 0.5) is 10.5 Å². The molecule has 36 heavy (non-hydrogen) atoms. The molecule has 2 aromatic carbocycles. The van der Waals surface area contributed by atoms with Gasteiger partial charge in [0.15, 0.2) is 0 Å². The lowest BCUT2D eigenvalue weighted by Crippen LogP contribution is -2.43. The number of nitrogens with zero attached hydrogens (tertiary/aromatic N) is 3. The van der Waals surface area contributed by atoms with Gasteiger partial charge in [-0.3, -0.25) is 14.4 Å². The van der Waals surface area contributed by atoms with E-state index in [9.17, 15) is 14.4 Å². The normalized spacial score (nSPS) is 19.6. The molecule has 0 N–H and O–H groups in total. The molecule has 2 aliphatic heterocycles. The first kappa shape index (κ1) is 24.7. The van der Waals surface area contributed by atoms with Crippen molar-refractivity contribution in [2.45, 2.75) is 52.1 Å². The van der Waals surface area contributed by atoms with Crippen LogP contribution in [0.2, 0.25) is 5.02 Å². The highest BCUT2D eigenvalue weighted by atomic mass is 35.5. The summed E-state index contributed by atoms with van der Waals surface area (Å²) in [5.74, 6) is -0.252. The average Bonchev–Trinajstić information content (AvgIpc) is 3.36. The minimum atomic E-state index is -0.363. The third-order valence-corrected chi connectivity index (χ3v) is 8.11. The van der Waals surface area contributed by atoms with Gasteiger partial charge in [-0.1, -0.05) is 36.7 Å². The van der Waals surface area contributed by atoms with E-state index in [-0.39, 0.29) is 29.6 Å². The highest BCUT2D eigenvalue weighted by molar-refractivity contribution is 8.19. The fraction of sp³-hybridized carbons (Fsp3) is 0.321. The average molecular weight is 522 g/mol. The fourth-order valence-electron chi connectivity index (χ4n) is 5.12. The van der Waals surface area contributed by atoms with E-state index in [1.165, 1.54) is 4.90 Å². The van der Waals surface area contributed by atoms with Gasteiger partial charge in [0.25, 0.3) is 11.1 Å². The smallest absolute Gasteiger partial charge is 0.298 e. The van der Waals surface area contributed by atoms with E-state index in [2.05, 4.69) is 19.9 Å². The number of piperidine rings is 1. The third kappa shape index (κ3) is 4.58. The molecule has 2 fully saturated rings. The Kier molecular flexibility index (Phi) is 6.95. The van der Waals surface area contributed by atoms with Crippen molar-refractivity contribution in [1.82, 2.24) is 9.47 Å². The number of aryl methyl sites for hydroxylation is 1. The molecule has 5 rings (SSSR count). The van der Waals surface area contributed by atoms with Gasteiger partial charge in [-0.25, -0.2) is 4.90 Å². The van der Waals surface area contributed by atoms with Crippen LogP contribution >= 0.6 is 23.4 Å². The Hall–Kier alpha value is -3.03. The maximum absolute atomic E-state index is 13.3. The number of hydrogen-bond acceptors (Lipinski definition) is 4. The zero-order chi connectivity index (χ0) is 25.4. The Morgan fingerprint density at radius 2 is 1.92 bits per heavy atom. The minimum Gasteiger partial charge on any atom is -0.338 e. The third-order valence-electron chi connectivity index (χ3n) is 6.99. The quantitative estimate of drug-likeness (QED) is 0.359. The number of halogens is 1. The zero-order valence-electron chi connectivity index (χ0n) is 20.4. The topological polar surface area (TPSA) is 62.6 Å². The van der Waals surface area contributed by atoms with Crippen molar-refractivity contribution in [3.63, 3.8) is 0 Å². The molecule has 8 heteroatoms. The van der Waals surface area contributed by atoms with Gasteiger partial charge >= 0.3 is 0 Å². The van der Waals surface area contributed by atoms with Gasteiger partial charge in [0.1, 0.15) is 6.54 Å². The molecule has 0 bridgehead atoms. The lowest BCUT2D eigenvalue weighted by Gasteiger charge is -2.33. The summed E-state index contributed by atoms with van der Waals surface area (Å²) in [5, 5.41) is 1.15. The molecule has 3 amide bonds. The predicted octanol–water partition coefficient (Wildman–Crippen LogP) is 6.50. The number of carbonyl (C=O) groups is 3. The number of likely N-dealkylation sites (tertiary alicyclic amines) is 1. The van der Waals surface area contributed by atoms with Gasteiger partial charge in [-0.15, -0.1) is 0 Å². The number of thioether (sulfide) groups is 1. The molecule has 0 unspecified atom stereocenters. The van der Waals surface area contributed by atoms with E-state index in [1.807, 2.05) is 27.8 Å². The molecule has 1 aromatic heterocycles. The van der Waals surface area contributed by atoms with Gasteiger partial charge in [0.2, 0.25) is 5.91 Å². The molecule has 2 saturated heterocycles. The van der Waals surface area contributed by atoms with Crippen molar-refractivity contribution in [3.05, 3.63) is 69.7 Å². The van der Waals surface area contributed by atoms with E-state index in [0.29, 0.717) is 15.6 Å². The van der Waals surface area contributed by atoms with Crippen molar-refractivity contribution >= 4 is 63.1 Å². The minimum absolute atomic E-state index is 0.111. The van der Waals surface area contributed by atoms with Crippen LogP contribution in [0.3, 0.4) is 0 Å². The van der Waals surface area contributed by atoms with Crippen LogP contribution in [-0.2, 0) is 22.6 Å². The number of para-hydroxylation sites is 1. The van der Waals surface area contributed by atoms with Crippen LogP contribution in [-0.4, -0.2) is 39.1 Å². The molecule has 0 saturated carbocycles. The van der Waals surface area contributed by atoms with Gasteiger partial charge in [0, 0.05) is 34.8 Å². The number of amides is 3. The molecule has 0 spiro atoms. The molecular formula is C28H28ClN3O3S. The number of aromatic nitrogens is 1. The second-order valence-corrected chi connectivity index (χ2v) is 10.7. The summed E-state index contributed by atoms with van der Waals surface area (Å²) in [7, 11) is 0. The molecule has 3 heterocycles. The largest absolute Gasteiger partial charge is 0.338 e. The predicted molar refractivity (Wildman–Crippen MR) is 146 cm³/mol. The Labute approximate surface area is 219 Å². The summed E-state index contributed by atoms with van der Waals surface area (Å²) in [6.07, 6.45) is 7.76. The second-order valence-electron chi connectivity index (χ2n) is 9.30. The lowest BCUT2D eigenvalue weighted by atomic mass is 10.0. The first-order valence-corrected chi connectivity index (χ1v) is 13.5. The van der Waals surface area contributed by atoms with Gasteiger partial charge in [0.05, 0.1) is 16.1 Å².